The zero-order valence-electron chi connectivity index (χ0n) is 48.2. The topological polar surface area (TPSA) is 310 Å². The number of phenols is 1. The van der Waals surface area contributed by atoms with Crippen LogP contribution in [0.2, 0.25) is 0 Å². The number of nitrogens with one attached hydrogen (secondary N) is 2. The molecule has 9 N–H and O–H groups in total. The van der Waals surface area contributed by atoms with Crippen LogP contribution in [0, 0.1) is 0 Å². The summed E-state index contributed by atoms with van der Waals surface area (Å²) < 4.78 is 21.7. The third kappa shape index (κ3) is 39.5. The number of phenolic OH excluding ortho intramolecular Hbond substituents is 1. The number of nitrogens with two attached hydrogens (primary N) is 1. The van der Waals surface area contributed by atoms with Gasteiger partial charge in [-0.2, -0.15) is 0 Å². The Balaban J connectivity index is -0.000000999. The number of aromatic nitrogens is 3. The van der Waals surface area contributed by atoms with Crippen molar-refractivity contribution in [1.82, 2.24) is 25.6 Å². The van der Waals surface area contributed by atoms with Crippen molar-refractivity contribution in [2.24, 2.45) is 5.73 Å². The third-order valence-electron chi connectivity index (χ3n) is 9.61. The molecular weight excluding hydrogens is 1150 g/mol. The van der Waals surface area contributed by atoms with E-state index in [0.717, 1.165) is 40.4 Å². The molecule has 3 heterocycles. The number of ether oxygens (including phenoxy) is 4. The van der Waals surface area contributed by atoms with E-state index in [1.165, 1.54) is 17.7 Å². The maximum Gasteiger partial charge on any atom is 1.00 e. The minimum atomic E-state index is -0.734. The first-order valence-electron chi connectivity index (χ1n) is 24.6. The van der Waals surface area contributed by atoms with Crippen LogP contribution in [0.25, 0.3) is 0 Å². The van der Waals surface area contributed by atoms with E-state index >= 15 is 0 Å². The smallest absolute Gasteiger partial charge is 1.00 e. The number of aliphatic hydroxyl groups is 4. The first-order chi connectivity index (χ1) is 37.2. The SMILES string of the molecule is BrCc1ccncc1.CC(C)(C)OC(=O)NCC[C@@H](O)c1cccc(O)c1.CC(C)(C)OC(=O)NCC[C@@H](O)c1cccc(OCc2ccncc2)c1.CO.NCC[C@@H](O)c1cccc(OCc2ccncc2)c1.O=CO[O-].[H-].[K+].[K+]. The third-order valence-corrected chi connectivity index (χ3v) is 10.3. The number of rotatable bonds is 19. The van der Waals surface area contributed by atoms with E-state index < -0.39 is 41.7 Å². The molecule has 23 heteroatoms. The predicted molar refractivity (Wildman–Crippen MR) is 298 cm³/mol. The molecule has 0 aliphatic rings. The van der Waals surface area contributed by atoms with E-state index in [4.69, 9.17) is 39.8 Å². The van der Waals surface area contributed by atoms with Crippen molar-refractivity contribution in [2.75, 3.05) is 26.7 Å². The number of benzene rings is 3. The quantitative estimate of drug-likeness (QED) is 0.0189. The van der Waals surface area contributed by atoms with Gasteiger partial charge in [0.2, 0.25) is 0 Å². The number of alkyl carbamates (subject to hydrolysis) is 2. The van der Waals surface area contributed by atoms with Crippen LogP contribution in [-0.2, 0) is 37.7 Å². The van der Waals surface area contributed by atoms with E-state index in [0.29, 0.717) is 63.4 Å². The number of aliphatic hydroxyl groups excluding tert-OH is 4. The van der Waals surface area contributed by atoms with Crippen molar-refractivity contribution >= 4 is 34.6 Å². The Morgan fingerprint density at radius 3 is 1.26 bits per heavy atom. The van der Waals surface area contributed by atoms with Crippen LogP contribution in [-0.4, -0.2) is 97.1 Å². The molecular formula is C57H77BrK2N6O14. The molecule has 3 atom stereocenters. The van der Waals surface area contributed by atoms with Gasteiger partial charge in [0.1, 0.15) is 41.7 Å². The van der Waals surface area contributed by atoms with Gasteiger partial charge in [0.05, 0.1) is 18.3 Å². The number of pyridine rings is 3. The van der Waals surface area contributed by atoms with E-state index in [-0.39, 0.29) is 116 Å². The van der Waals surface area contributed by atoms with Crippen LogP contribution in [0.4, 0.5) is 9.59 Å². The fourth-order valence-electron chi connectivity index (χ4n) is 6.03. The van der Waals surface area contributed by atoms with Crippen molar-refractivity contribution < 1.29 is 173 Å². The zero-order valence-corrected chi connectivity index (χ0v) is 55.1. The van der Waals surface area contributed by atoms with Crippen LogP contribution < -0.4 is 134 Å². The number of halogens is 1. The second kappa shape index (κ2) is 46.5. The summed E-state index contributed by atoms with van der Waals surface area (Å²) in [4.78, 5) is 46.0. The molecule has 6 rings (SSSR count). The number of nitrogens with zero attached hydrogens (tertiary/aromatic N) is 3. The molecule has 80 heavy (non-hydrogen) atoms. The molecule has 0 aliphatic heterocycles. The number of alkyl halides is 1. The largest absolute Gasteiger partial charge is 1.00 e. The Kier molecular flexibility index (Phi) is 45.4. The van der Waals surface area contributed by atoms with E-state index in [1.54, 1.807) is 96.9 Å². The van der Waals surface area contributed by atoms with Gasteiger partial charge >= 0.3 is 115 Å². The molecule has 6 aromatic rings. The number of aromatic hydroxyl groups is 1. The molecule has 3 aromatic carbocycles. The molecule has 0 unspecified atom stereocenters. The zero-order chi connectivity index (χ0) is 58.2. The summed E-state index contributed by atoms with van der Waals surface area (Å²) in [5, 5.41) is 61.0. The van der Waals surface area contributed by atoms with Crippen molar-refractivity contribution in [1.29, 1.82) is 0 Å². The minimum absolute atomic E-state index is 0. The minimum Gasteiger partial charge on any atom is -1.00 e. The molecule has 0 fully saturated rings. The van der Waals surface area contributed by atoms with E-state index in [2.05, 4.69) is 46.4 Å². The van der Waals surface area contributed by atoms with Crippen molar-refractivity contribution in [2.45, 2.75) is 109 Å². The van der Waals surface area contributed by atoms with Gasteiger partial charge in [-0.05, 0) is 174 Å². The first-order valence-corrected chi connectivity index (χ1v) is 25.7. The Morgan fingerprint density at radius 2 is 0.950 bits per heavy atom. The van der Waals surface area contributed by atoms with Gasteiger partial charge in [0, 0.05) is 62.7 Å². The molecule has 0 saturated heterocycles. The number of hydrogen-bond acceptors (Lipinski definition) is 18. The molecule has 0 aliphatic carbocycles. The predicted octanol–water partition coefficient (Wildman–Crippen LogP) is 2.13. The van der Waals surface area contributed by atoms with Crippen LogP contribution in [0.3, 0.4) is 0 Å². The average molecular weight is 1230 g/mol. The second-order valence-corrected chi connectivity index (χ2v) is 18.8. The van der Waals surface area contributed by atoms with Gasteiger partial charge in [-0.25, -0.2) is 9.59 Å². The Morgan fingerprint density at radius 1 is 0.613 bits per heavy atom. The van der Waals surface area contributed by atoms with Crippen LogP contribution in [0.1, 0.15) is 114 Å². The standard InChI is InChI=1S/C20H26N2O4.C15H18N2O2.C14H21NO4.C6H6BrN.CH2O3.CH4O.2K.H/c1-20(2,3)26-19(24)22-12-9-18(23)16-5-4-6-17(13-16)25-14-15-7-10-21-11-8-15;16-7-4-15(18)13-2-1-3-14(10-13)19-11-12-5-8-17-9-6-12;1-14(2,3)19-13(18)15-8-7-12(17)10-5-4-6-11(16)9-10;7-5-6-1-3-8-4-2-6;2-1-4-3;1-2;;;/h4-8,10-11,13,18,23H,9,12,14H2,1-3H3,(H,22,24);1-3,5-6,8-10,15,18H,4,7,11,16H2;4-6,9,12,16-17H,7-8H2,1-3H3,(H,15,18);1-4H,5H2;1,3H;2H,1H3;;;/q;;;;;;2*+1;-1/p-1/t18-;15-;12-;;;;;;/m111....../s1. The summed E-state index contributed by atoms with van der Waals surface area (Å²) in [6, 6.07) is 32.8. The Bertz CT molecular complexity index is 2530. The molecule has 428 valence electrons. The van der Waals surface area contributed by atoms with Gasteiger partial charge < -0.3 is 72.4 Å². The molecule has 0 radical (unpaired) electrons. The number of amides is 2. The molecule has 2 amide bonds. The molecule has 0 spiro atoms. The van der Waals surface area contributed by atoms with Crippen LogP contribution >= 0.6 is 15.9 Å². The van der Waals surface area contributed by atoms with Crippen molar-refractivity contribution in [3.63, 3.8) is 0 Å². The van der Waals surface area contributed by atoms with Crippen molar-refractivity contribution in [3.05, 3.63) is 180 Å². The summed E-state index contributed by atoms with van der Waals surface area (Å²) in [5.74, 6) is 1.53. The van der Waals surface area contributed by atoms with Crippen LogP contribution in [0.5, 0.6) is 17.2 Å². The van der Waals surface area contributed by atoms with Gasteiger partial charge in [-0.1, -0.05) is 52.3 Å². The van der Waals surface area contributed by atoms with Gasteiger partial charge in [0.25, 0.3) is 6.47 Å². The van der Waals surface area contributed by atoms with Gasteiger partial charge in [-0.15, -0.1) is 0 Å². The maximum absolute atomic E-state index is 11.6. The normalized spacial score (nSPS) is 11.2. The molecule has 20 nitrogen and oxygen atoms in total. The fraction of sp³-hybridized carbons (Fsp3) is 0.368. The first kappa shape index (κ1) is 78.1. The summed E-state index contributed by atoms with van der Waals surface area (Å²) in [5.41, 5.74) is 9.90. The average Bonchev–Trinajstić information content (AvgIpc) is 3.43. The summed E-state index contributed by atoms with van der Waals surface area (Å²) in [7, 11) is 1.00. The fourth-order valence-corrected chi connectivity index (χ4v) is 6.40. The van der Waals surface area contributed by atoms with Gasteiger partial charge in [-0.3, -0.25) is 19.7 Å². The van der Waals surface area contributed by atoms with Crippen molar-refractivity contribution in [3.8, 4) is 17.2 Å². The monoisotopic (exact) mass is 1230 g/mol. The van der Waals surface area contributed by atoms with Crippen LogP contribution in [0.15, 0.2) is 146 Å². The molecule has 0 bridgehead atoms. The Hall–Kier alpha value is -3.97. The summed E-state index contributed by atoms with van der Waals surface area (Å²) in [6.07, 6.45) is 8.81. The second-order valence-electron chi connectivity index (χ2n) is 18.3. The summed E-state index contributed by atoms with van der Waals surface area (Å²) in [6.45, 7) is 12.6. The number of hydrogen-bond donors (Lipinski definition) is 8. The maximum atomic E-state index is 11.6. The Labute approximate surface area is 565 Å². The van der Waals surface area contributed by atoms with E-state index in [9.17, 15) is 30.0 Å². The van der Waals surface area contributed by atoms with E-state index in [1.807, 2.05) is 78.9 Å². The number of carbonyl (C=O) groups excluding carboxylic acids is 3. The van der Waals surface area contributed by atoms with Gasteiger partial charge in [0.15, 0.2) is 0 Å². The summed E-state index contributed by atoms with van der Waals surface area (Å²) >= 11 is 3.33. The molecule has 0 saturated carbocycles. The molecule has 3 aromatic heterocycles. The number of carbonyl (C=O) groups is 3.